The molecule has 20 heavy (non-hydrogen) atoms. The van der Waals surface area contributed by atoms with Crippen molar-refractivity contribution in [3.05, 3.63) is 35.8 Å². The van der Waals surface area contributed by atoms with Crippen molar-refractivity contribution in [1.29, 1.82) is 0 Å². The number of hydrogen-bond donors (Lipinski definition) is 1. The zero-order valence-electron chi connectivity index (χ0n) is 11.0. The first kappa shape index (κ1) is 14.1. The van der Waals surface area contributed by atoms with E-state index >= 15 is 0 Å². The standard InChI is InChI=1S/C13H15FN4O2/c1-2-20-13(19)11-12(18(8-7-15)17-16-11)9-3-5-10(14)6-4-9/h3-6H,2,7-8,15H2,1H3. The Bertz CT molecular complexity index is 595. The Hall–Kier alpha value is -2.28. The van der Waals surface area contributed by atoms with E-state index < -0.39 is 5.97 Å². The third-order valence-electron chi connectivity index (χ3n) is 2.66. The van der Waals surface area contributed by atoms with Gasteiger partial charge in [0.25, 0.3) is 0 Å². The molecule has 0 aliphatic heterocycles. The van der Waals surface area contributed by atoms with Gasteiger partial charge in [-0.3, -0.25) is 0 Å². The lowest BCUT2D eigenvalue weighted by Gasteiger charge is -2.07. The Morgan fingerprint density at radius 1 is 1.40 bits per heavy atom. The Balaban J connectivity index is 2.49. The molecule has 1 aromatic heterocycles. The van der Waals surface area contributed by atoms with Crippen molar-refractivity contribution in [1.82, 2.24) is 15.0 Å². The van der Waals surface area contributed by atoms with Gasteiger partial charge in [0.1, 0.15) is 11.5 Å². The van der Waals surface area contributed by atoms with Gasteiger partial charge in [-0.25, -0.2) is 13.9 Å². The number of nitrogens with zero attached hydrogens (tertiary/aromatic N) is 3. The lowest BCUT2D eigenvalue weighted by Crippen LogP contribution is -2.13. The molecule has 0 bridgehead atoms. The van der Waals surface area contributed by atoms with Gasteiger partial charge in [-0.15, -0.1) is 5.10 Å². The van der Waals surface area contributed by atoms with Crippen molar-refractivity contribution < 1.29 is 13.9 Å². The van der Waals surface area contributed by atoms with E-state index in [1.54, 1.807) is 19.1 Å². The van der Waals surface area contributed by atoms with Crippen molar-refractivity contribution >= 4 is 5.97 Å². The number of halogens is 1. The summed E-state index contributed by atoms with van der Waals surface area (Å²) < 4.78 is 19.5. The van der Waals surface area contributed by atoms with Crippen LogP contribution in [0.15, 0.2) is 24.3 Å². The van der Waals surface area contributed by atoms with Crippen molar-refractivity contribution in [3.8, 4) is 11.3 Å². The lowest BCUT2D eigenvalue weighted by atomic mass is 10.1. The molecule has 2 rings (SSSR count). The summed E-state index contributed by atoms with van der Waals surface area (Å²) in [6.07, 6.45) is 0. The summed E-state index contributed by atoms with van der Waals surface area (Å²) in [6.45, 7) is 2.70. The lowest BCUT2D eigenvalue weighted by molar-refractivity contribution is 0.0520. The molecule has 0 atom stereocenters. The number of rotatable bonds is 5. The van der Waals surface area contributed by atoms with Gasteiger partial charge in [0, 0.05) is 12.1 Å². The molecule has 0 saturated heterocycles. The Morgan fingerprint density at radius 2 is 2.10 bits per heavy atom. The van der Waals surface area contributed by atoms with Crippen LogP contribution in [0.2, 0.25) is 0 Å². The summed E-state index contributed by atoms with van der Waals surface area (Å²) in [5.74, 6) is -0.917. The number of nitrogens with two attached hydrogens (primary N) is 1. The fraction of sp³-hybridized carbons (Fsp3) is 0.308. The number of carbonyl (C=O) groups is 1. The molecule has 0 fully saturated rings. The molecular weight excluding hydrogens is 263 g/mol. The normalized spacial score (nSPS) is 10.6. The second kappa shape index (κ2) is 6.25. The maximum absolute atomic E-state index is 13.0. The molecule has 2 aromatic rings. The first-order valence-corrected chi connectivity index (χ1v) is 6.24. The fourth-order valence-corrected chi connectivity index (χ4v) is 1.82. The second-order valence-corrected chi connectivity index (χ2v) is 4.03. The average molecular weight is 278 g/mol. The van der Waals surface area contributed by atoms with Crippen molar-refractivity contribution in [2.75, 3.05) is 13.2 Å². The number of benzene rings is 1. The largest absolute Gasteiger partial charge is 0.461 e. The number of carbonyl (C=O) groups excluding carboxylic acids is 1. The fourth-order valence-electron chi connectivity index (χ4n) is 1.82. The summed E-state index contributed by atoms with van der Waals surface area (Å²) in [6, 6.07) is 5.74. The average Bonchev–Trinajstić information content (AvgIpc) is 2.84. The van der Waals surface area contributed by atoms with Crippen LogP contribution < -0.4 is 5.73 Å². The molecule has 1 heterocycles. The molecule has 0 spiro atoms. The summed E-state index contributed by atoms with van der Waals surface area (Å²) in [7, 11) is 0. The van der Waals surface area contributed by atoms with Crippen LogP contribution in [-0.2, 0) is 11.3 Å². The molecule has 0 amide bonds. The summed E-state index contributed by atoms with van der Waals surface area (Å²) in [5.41, 5.74) is 6.73. The monoisotopic (exact) mass is 278 g/mol. The summed E-state index contributed by atoms with van der Waals surface area (Å²) in [4.78, 5) is 11.9. The number of hydrogen-bond acceptors (Lipinski definition) is 5. The van der Waals surface area contributed by atoms with Crippen molar-refractivity contribution in [2.24, 2.45) is 5.73 Å². The molecule has 106 valence electrons. The predicted octanol–water partition coefficient (Wildman–Crippen LogP) is 1.22. The van der Waals surface area contributed by atoms with E-state index in [2.05, 4.69) is 10.3 Å². The van der Waals surface area contributed by atoms with Crippen LogP contribution in [0, 0.1) is 5.82 Å². The van der Waals surface area contributed by atoms with Crippen molar-refractivity contribution in [3.63, 3.8) is 0 Å². The van der Waals surface area contributed by atoms with Gasteiger partial charge in [0.2, 0.25) is 0 Å². The zero-order chi connectivity index (χ0) is 14.5. The molecule has 1 aromatic carbocycles. The summed E-state index contributed by atoms with van der Waals surface area (Å²) in [5, 5.41) is 7.74. The topological polar surface area (TPSA) is 83.0 Å². The highest BCUT2D eigenvalue weighted by atomic mass is 19.1. The van der Waals surface area contributed by atoms with E-state index in [0.717, 1.165) is 0 Å². The Labute approximate surface area is 115 Å². The summed E-state index contributed by atoms with van der Waals surface area (Å²) >= 11 is 0. The predicted molar refractivity (Wildman–Crippen MR) is 70.4 cm³/mol. The van der Waals surface area contributed by atoms with Crippen LogP contribution >= 0.6 is 0 Å². The van der Waals surface area contributed by atoms with E-state index in [4.69, 9.17) is 10.5 Å². The third-order valence-corrected chi connectivity index (χ3v) is 2.66. The van der Waals surface area contributed by atoms with Crippen LogP contribution in [0.1, 0.15) is 17.4 Å². The molecule has 0 unspecified atom stereocenters. The van der Waals surface area contributed by atoms with Gasteiger partial charge < -0.3 is 10.5 Å². The van der Waals surface area contributed by atoms with E-state index in [0.29, 0.717) is 24.3 Å². The highest BCUT2D eigenvalue weighted by Crippen LogP contribution is 2.23. The third kappa shape index (κ3) is 2.83. The zero-order valence-corrected chi connectivity index (χ0v) is 11.0. The van der Waals surface area contributed by atoms with Gasteiger partial charge in [0.05, 0.1) is 13.2 Å². The quantitative estimate of drug-likeness (QED) is 0.831. The number of ether oxygens (including phenoxy) is 1. The minimum atomic E-state index is -0.560. The van der Waals surface area contributed by atoms with E-state index in [1.165, 1.54) is 16.8 Å². The van der Waals surface area contributed by atoms with Gasteiger partial charge in [-0.2, -0.15) is 0 Å². The minimum Gasteiger partial charge on any atom is -0.461 e. The van der Waals surface area contributed by atoms with Gasteiger partial charge in [0.15, 0.2) is 5.69 Å². The van der Waals surface area contributed by atoms with E-state index in [9.17, 15) is 9.18 Å². The van der Waals surface area contributed by atoms with Crippen LogP contribution in [0.4, 0.5) is 4.39 Å². The minimum absolute atomic E-state index is 0.104. The first-order chi connectivity index (χ1) is 9.67. The maximum Gasteiger partial charge on any atom is 0.361 e. The Kier molecular flexibility index (Phi) is 4.41. The first-order valence-electron chi connectivity index (χ1n) is 6.24. The van der Waals surface area contributed by atoms with Crippen LogP contribution in [0.25, 0.3) is 11.3 Å². The maximum atomic E-state index is 13.0. The van der Waals surface area contributed by atoms with E-state index in [1.807, 2.05) is 0 Å². The molecule has 7 heteroatoms. The highest BCUT2D eigenvalue weighted by molar-refractivity contribution is 5.94. The number of esters is 1. The molecule has 2 N–H and O–H groups in total. The van der Waals surface area contributed by atoms with Crippen LogP contribution in [0.5, 0.6) is 0 Å². The molecule has 0 aliphatic carbocycles. The molecule has 6 nitrogen and oxygen atoms in total. The molecule has 0 radical (unpaired) electrons. The number of aromatic nitrogens is 3. The second-order valence-electron chi connectivity index (χ2n) is 4.03. The molecular formula is C13H15FN4O2. The van der Waals surface area contributed by atoms with Crippen LogP contribution in [0.3, 0.4) is 0 Å². The SMILES string of the molecule is CCOC(=O)c1nnn(CCN)c1-c1ccc(F)cc1. The molecule has 0 aliphatic rings. The Morgan fingerprint density at radius 3 is 2.70 bits per heavy atom. The smallest absolute Gasteiger partial charge is 0.361 e. The van der Waals surface area contributed by atoms with Crippen LogP contribution in [-0.4, -0.2) is 34.1 Å². The van der Waals surface area contributed by atoms with Gasteiger partial charge in [-0.05, 0) is 31.2 Å². The van der Waals surface area contributed by atoms with E-state index in [-0.39, 0.29) is 18.1 Å². The highest BCUT2D eigenvalue weighted by Gasteiger charge is 2.21. The van der Waals surface area contributed by atoms with Gasteiger partial charge in [-0.1, -0.05) is 5.21 Å². The van der Waals surface area contributed by atoms with Crippen molar-refractivity contribution in [2.45, 2.75) is 13.5 Å². The molecule has 0 saturated carbocycles. The van der Waals surface area contributed by atoms with Gasteiger partial charge >= 0.3 is 5.97 Å².